The van der Waals surface area contributed by atoms with Crippen molar-refractivity contribution in [2.75, 3.05) is 0 Å². The van der Waals surface area contributed by atoms with E-state index in [1.807, 2.05) is 0 Å². The van der Waals surface area contributed by atoms with Crippen molar-refractivity contribution in [2.24, 2.45) is 0 Å². The Kier molecular flexibility index (Phi) is 3.76. The fraction of sp³-hybridized carbons (Fsp3) is 0.375. The minimum absolute atomic E-state index is 0.0629. The molecule has 1 heterocycles. The van der Waals surface area contributed by atoms with Crippen molar-refractivity contribution in [1.82, 2.24) is 4.98 Å². The quantitative estimate of drug-likeness (QED) is 0.481. The number of aryl methyl sites for hydroxylation is 1. The van der Waals surface area contributed by atoms with Gasteiger partial charge in [-0.25, -0.2) is 0 Å². The lowest BCUT2D eigenvalue weighted by Crippen LogP contribution is -2.19. The number of nitrogens with zero attached hydrogens (tertiary/aromatic N) is 2. The number of hydrogen-bond donors (Lipinski definition) is 0. The second-order valence-electron chi connectivity index (χ2n) is 3.03. The molecule has 1 aromatic heterocycles. The molecule has 0 amide bonds. The number of hydrogen-bond acceptors (Lipinski definition) is 4. The fourth-order valence-electron chi connectivity index (χ4n) is 1.12. The summed E-state index contributed by atoms with van der Waals surface area (Å²) in [6.07, 6.45) is -4.98. The Labute approximate surface area is 98.3 Å². The summed E-state index contributed by atoms with van der Waals surface area (Å²) >= 11 is 5.41. The summed E-state index contributed by atoms with van der Waals surface area (Å²) < 4.78 is 39.6. The molecule has 0 aromatic carbocycles. The van der Waals surface area contributed by atoms with Gasteiger partial charge in [-0.1, -0.05) is 0 Å². The average Bonchev–Trinajstić information content (AvgIpc) is 2.17. The van der Waals surface area contributed by atoms with E-state index in [-0.39, 0.29) is 17.0 Å². The van der Waals surface area contributed by atoms with Gasteiger partial charge in [0.1, 0.15) is 0 Å². The normalized spacial score (nSPS) is 11.4. The summed E-state index contributed by atoms with van der Waals surface area (Å²) in [7, 11) is 0. The number of pyridine rings is 1. The van der Waals surface area contributed by atoms with Gasteiger partial charge < -0.3 is 14.9 Å². The van der Waals surface area contributed by atoms with E-state index >= 15 is 0 Å². The topological polar surface area (TPSA) is 65.3 Å². The van der Waals surface area contributed by atoms with Gasteiger partial charge in [0.25, 0.3) is 0 Å². The highest BCUT2D eigenvalue weighted by Gasteiger charge is 2.35. The van der Waals surface area contributed by atoms with Crippen LogP contribution in [-0.2, 0) is 5.88 Å². The van der Waals surface area contributed by atoms with Crippen LogP contribution in [0.3, 0.4) is 0 Å². The first-order valence-corrected chi connectivity index (χ1v) is 4.74. The van der Waals surface area contributed by atoms with E-state index in [2.05, 4.69) is 9.72 Å². The molecule has 0 aliphatic rings. The van der Waals surface area contributed by atoms with Crippen molar-refractivity contribution in [3.05, 3.63) is 27.3 Å². The first-order valence-electron chi connectivity index (χ1n) is 4.21. The SMILES string of the molecule is Cc1cc(CCl)c(OC(F)(F)F)nc1[N+](=O)[O-]. The van der Waals surface area contributed by atoms with Crippen LogP contribution >= 0.6 is 11.6 Å². The minimum atomic E-state index is -4.98. The Hall–Kier alpha value is -1.57. The van der Waals surface area contributed by atoms with E-state index in [0.717, 1.165) is 6.07 Å². The zero-order valence-electron chi connectivity index (χ0n) is 8.42. The molecule has 94 valence electrons. The lowest BCUT2D eigenvalue weighted by atomic mass is 10.2. The molecule has 0 aliphatic heterocycles. The van der Waals surface area contributed by atoms with Crippen LogP contribution in [0.15, 0.2) is 6.07 Å². The van der Waals surface area contributed by atoms with Crippen molar-refractivity contribution in [1.29, 1.82) is 0 Å². The molecule has 0 unspecified atom stereocenters. The molecule has 1 aromatic rings. The molecule has 0 N–H and O–H groups in total. The van der Waals surface area contributed by atoms with Crippen molar-refractivity contribution >= 4 is 17.4 Å². The van der Waals surface area contributed by atoms with Crippen molar-refractivity contribution in [3.63, 3.8) is 0 Å². The van der Waals surface area contributed by atoms with Gasteiger partial charge in [0.15, 0.2) is 0 Å². The number of halogens is 4. The number of alkyl halides is 4. The molecule has 0 radical (unpaired) electrons. The molecule has 9 heteroatoms. The van der Waals surface area contributed by atoms with Gasteiger partial charge in [0, 0.05) is 10.5 Å². The van der Waals surface area contributed by atoms with Crippen molar-refractivity contribution in [2.45, 2.75) is 19.2 Å². The van der Waals surface area contributed by atoms with E-state index < -0.39 is 23.0 Å². The third-order valence-electron chi connectivity index (χ3n) is 1.75. The Balaban J connectivity index is 3.26. The first-order chi connectivity index (χ1) is 7.74. The number of aromatic nitrogens is 1. The third-order valence-corrected chi connectivity index (χ3v) is 2.04. The summed E-state index contributed by atoms with van der Waals surface area (Å²) in [4.78, 5) is 12.8. The van der Waals surface area contributed by atoms with Gasteiger partial charge in [-0.3, -0.25) is 0 Å². The predicted octanol–water partition coefficient (Wildman–Crippen LogP) is 2.94. The van der Waals surface area contributed by atoms with Crippen LogP contribution in [0.4, 0.5) is 19.0 Å². The van der Waals surface area contributed by atoms with Crippen molar-refractivity contribution < 1.29 is 22.8 Å². The van der Waals surface area contributed by atoms with E-state index in [0.29, 0.717) is 0 Å². The van der Waals surface area contributed by atoms with Crippen LogP contribution in [0.1, 0.15) is 11.1 Å². The number of rotatable bonds is 3. The third kappa shape index (κ3) is 3.45. The summed E-state index contributed by atoms with van der Waals surface area (Å²) in [5.41, 5.74) is 0.0484. The second kappa shape index (κ2) is 4.74. The molecular formula is C8H6ClF3N2O3. The van der Waals surface area contributed by atoms with E-state index in [4.69, 9.17) is 11.6 Å². The van der Waals surface area contributed by atoms with Crippen LogP contribution in [0, 0.1) is 17.0 Å². The zero-order valence-corrected chi connectivity index (χ0v) is 9.17. The van der Waals surface area contributed by atoms with E-state index in [9.17, 15) is 23.3 Å². The Morgan fingerprint density at radius 3 is 2.59 bits per heavy atom. The van der Waals surface area contributed by atoms with Crippen molar-refractivity contribution in [3.8, 4) is 5.88 Å². The highest BCUT2D eigenvalue weighted by Crippen LogP contribution is 2.29. The first kappa shape index (κ1) is 13.5. The molecule has 0 saturated carbocycles. The van der Waals surface area contributed by atoms with Crippen LogP contribution in [0.2, 0.25) is 0 Å². The lowest BCUT2D eigenvalue weighted by Gasteiger charge is -2.08. The highest BCUT2D eigenvalue weighted by atomic mass is 35.5. The Morgan fingerprint density at radius 2 is 2.18 bits per heavy atom. The minimum Gasteiger partial charge on any atom is -0.366 e. The summed E-state index contributed by atoms with van der Waals surface area (Å²) in [6, 6.07) is 1.14. The maximum absolute atomic E-state index is 12.0. The average molecular weight is 271 g/mol. The Morgan fingerprint density at radius 1 is 1.59 bits per heavy atom. The molecule has 0 spiro atoms. The summed E-state index contributed by atoms with van der Waals surface area (Å²) in [5, 5.41) is 10.5. The molecule has 0 saturated heterocycles. The van der Waals surface area contributed by atoms with E-state index in [1.54, 1.807) is 0 Å². The molecule has 5 nitrogen and oxygen atoms in total. The molecular weight excluding hydrogens is 265 g/mol. The van der Waals surface area contributed by atoms with Gasteiger partial charge in [0.05, 0.1) is 11.4 Å². The predicted molar refractivity (Wildman–Crippen MR) is 51.9 cm³/mol. The lowest BCUT2D eigenvalue weighted by molar-refractivity contribution is -0.390. The maximum Gasteiger partial charge on any atom is 0.575 e. The summed E-state index contributed by atoms with van der Waals surface area (Å²) in [5.74, 6) is -1.89. The van der Waals surface area contributed by atoms with Gasteiger partial charge in [-0.2, -0.15) is 0 Å². The van der Waals surface area contributed by atoms with Gasteiger partial charge in [-0.15, -0.1) is 24.8 Å². The smallest absolute Gasteiger partial charge is 0.366 e. The van der Waals surface area contributed by atoms with Crippen LogP contribution in [-0.4, -0.2) is 16.3 Å². The van der Waals surface area contributed by atoms with Gasteiger partial charge in [-0.05, 0) is 17.9 Å². The van der Waals surface area contributed by atoms with Crippen LogP contribution in [0.5, 0.6) is 5.88 Å². The standard InChI is InChI=1S/C8H6ClF3N2O3/c1-4-2-5(3-9)7(17-8(10,11)12)13-6(4)14(15)16/h2H,3H2,1H3. The molecule has 0 bridgehead atoms. The largest absolute Gasteiger partial charge is 0.575 e. The molecule has 0 atom stereocenters. The van der Waals surface area contributed by atoms with Gasteiger partial charge in [0.2, 0.25) is 0 Å². The molecule has 0 aliphatic carbocycles. The Bertz CT molecular complexity index is 450. The van der Waals surface area contributed by atoms with Crippen LogP contribution in [0.25, 0.3) is 0 Å². The zero-order chi connectivity index (χ0) is 13.2. The highest BCUT2D eigenvalue weighted by molar-refractivity contribution is 6.17. The van der Waals surface area contributed by atoms with E-state index in [1.165, 1.54) is 6.92 Å². The molecule has 1 rings (SSSR count). The maximum atomic E-state index is 12.0. The monoisotopic (exact) mass is 270 g/mol. The van der Waals surface area contributed by atoms with Gasteiger partial charge >= 0.3 is 18.1 Å². The number of ether oxygens (including phenoxy) is 1. The fourth-order valence-corrected chi connectivity index (χ4v) is 1.31. The molecule has 17 heavy (non-hydrogen) atoms. The second-order valence-corrected chi connectivity index (χ2v) is 3.30. The molecule has 0 fully saturated rings. The number of nitro groups is 1. The summed E-state index contributed by atoms with van der Waals surface area (Å²) in [6.45, 7) is 1.35. The van der Waals surface area contributed by atoms with Crippen LogP contribution < -0.4 is 4.74 Å².